The van der Waals surface area contributed by atoms with Crippen LogP contribution >= 0.6 is 0 Å². The van der Waals surface area contributed by atoms with E-state index in [2.05, 4.69) is 13.8 Å². The first-order valence-corrected chi connectivity index (χ1v) is 8.67. The molecule has 2 rings (SSSR count). The third-order valence-corrected chi connectivity index (χ3v) is 5.98. The van der Waals surface area contributed by atoms with Gasteiger partial charge in [-0.1, -0.05) is 27.7 Å². The van der Waals surface area contributed by atoms with Crippen molar-refractivity contribution in [1.29, 1.82) is 0 Å². The lowest BCUT2D eigenvalue weighted by Gasteiger charge is -2.48. The highest BCUT2D eigenvalue weighted by Gasteiger charge is 2.46. The van der Waals surface area contributed by atoms with Crippen LogP contribution in [-0.2, 0) is 14.2 Å². The quantitative estimate of drug-likeness (QED) is 0.705. The molecule has 0 radical (unpaired) electrons. The van der Waals surface area contributed by atoms with Crippen LogP contribution in [0.5, 0.6) is 0 Å². The maximum atomic E-state index is 10.2. The maximum Gasteiger partial charge on any atom is 0.161 e. The van der Waals surface area contributed by atoms with Crippen molar-refractivity contribution in [2.75, 3.05) is 13.2 Å². The second-order valence-electron chi connectivity index (χ2n) is 7.32. The van der Waals surface area contributed by atoms with Gasteiger partial charge in [-0.3, -0.25) is 0 Å². The lowest BCUT2D eigenvalue weighted by Crippen LogP contribution is -2.56. The van der Waals surface area contributed by atoms with Crippen LogP contribution in [0.2, 0.25) is 0 Å². The van der Waals surface area contributed by atoms with Crippen molar-refractivity contribution in [3.05, 3.63) is 0 Å². The van der Waals surface area contributed by atoms with Crippen LogP contribution in [0.3, 0.4) is 0 Å². The molecular formula is C17H32O6. The predicted molar refractivity (Wildman–Crippen MR) is 84.7 cm³/mol. The molecule has 0 amide bonds. The van der Waals surface area contributed by atoms with E-state index in [0.717, 1.165) is 0 Å². The number of aliphatic hydroxyl groups is 3. The molecule has 2 saturated heterocycles. The highest BCUT2D eigenvalue weighted by atomic mass is 16.7. The van der Waals surface area contributed by atoms with Gasteiger partial charge in [-0.05, 0) is 24.7 Å². The fraction of sp³-hybridized carbons (Fsp3) is 1.00. The van der Waals surface area contributed by atoms with Crippen LogP contribution in [0, 0.1) is 23.7 Å². The van der Waals surface area contributed by atoms with E-state index in [1.807, 2.05) is 20.8 Å². The number of ether oxygens (including phenoxy) is 3. The summed E-state index contributed by atoms with van der Waals surface area (Å²) in [5.41, 5.74) is 0. The van der Waals surface area contributed by atoms with E-state index < -0.39 is 18.5 Å². The van der Waals surface area contributed by atoms with Crippen molar-refractivity contribution in [1.82, 2.24) is 0 Å². The summed E-state index contributed by atoms with van der Waals surface area (Å²) >= 11 is 0. The molecule has 0 spiro atoms. The minimum Gasteiger partial charge on any atom is -0.394 e. The number of rotatable bonds is 4. The summed E-state index contributed by atoms with van der Waals surface area (Å²) in [6.07, 6.45) is -2.48. The Hall–Kier alpha value is -0.240. The highest BCUT2D eigenvalue weighted by molar-refractivity contribution is 4.90. The van der Waals surface area contributed by atoms with Crippen molar-refractivity contribution in [2.45, 2.75) is 71.4 Å². The minimum atomic E-state index is -0.706. The zero-order chi connectivity index (χ0) is 17.3. The third-order valence-electron chi connectivity index (χ3n) is 5.98. The Bertz CT molecular complexity index is 374. The first kappa shape index (κ1) is 19.1. The first-order valence-electron chi connectivity index (χ1n) is 8.67. The molecule has 2 heterocycles. The average molecular weight is 332 g/mol. The van der Waals surface area contributed by atoms with Gasteiger partial charge in [0.25, 0.3) is 0 Å². The van der Waals surface area contributed by atoms with Gasteiger partial charge in [0.15, 0.2) is 6.29 Å². The Morgan fingerprint density at radius 1 is 0.783 bits per heavy atom. The topological polar surface area (TPSA) is 88.4 Å². The van der Waals surface area contributed by atoms with E-state index >= 15 is 0 Å². The van der Waals surface area contributed by atoms with Crippen LogP contribution in [-0.4, -0.2) is 65.3 Å². The smallest absolute Gasteiger partial charge is 0.161 e. The summed E-state index contributed by atoms with van der Waals surface area (Å²) in [7, 11) is 0. The van der Waals surface area contributed by atoms with E-state index in [9.17, 15) is 15.3 Å². The molecular weight excluding hydrogens is 300 g/mol. The van der Waals surface area contributed by atoms with E-state index in [1.54, 1.807) is 0 Å². The van der Waals surface area contributed by atoms with Gasteiger partial charge >= 0.3 is 0 Å². The van der Waals surface area contributed by atoms with Crippen molar-refractivity contribution >= 4 is 0 Å². The maximum absolute atomic E-state index is 10.2. The van der Waals surface area contributed by atoms with Gasteiger partial charge in [-0.2, -0.15) is 0 Å². The van der Waals surface area contributed by atoms with Gasteiger partial charge in [0, 0.05) is 5.92 Å². The SMILES string of the molecule is CC1OC(CO)[C@@H](O[C@H]2OC(CO)[C@@H](O)[C@H](C)C2C)[C@H](C)C1C. The zero-order valence-electron chi connectivity index (χ0n) is 14.8. The van der Waals surface area contributed by atoms with Crippen molar-refractivity contribution in [2.24, 2.45) is 23.7 Å². The van der Waals surface area contributed by atoms with Crippen LogP contribution in [0.1, 0.15) is 34.6 Å². The normalized spacial score (nSPS) is 51.7. The summed E-state index contributed by atoms with van der Waals surface area (Å²) in [6.45, 7) is 9.80. The fourth-order valence-corrected chi connectivity index (χ4v) is 3.64. The average Bonchev–Trinajstić information content (AvgIpc) is 2.55. The summed E-state index contributed by atoms with van der Waals surface area (Å²) in [4.78, 5) is 0. The van der Waals surface area contributed by atoms with Gasteiger partial charge in [0.1, 0.15) is 12.2 Å². The van der Waals surface area contributed by atoms with Crippen molar-refractivity contribution in [3.8, 4) is 0 Å². The minimum absolute atomic E-state index is 0.0194. The molecule has 136 valence electrons. The second kappa shape index (κ2) is 7.76. The summed E-state index contributed by atoms with van der Waals surface area (Å²) in [6, 6.07) is 0. The molecule has 3 N–H and O–H groups in total. The molecule has 23 heavy (non-hydrogen) atoms. The first-order chi connectivity index (χ1) is 10.8. The third kappa shape index (κ3) is 3.72. The largest absolute Gasteiger partial charge is 0.394 e. The van der Waals surface area contributed by atoms with Gasteiger partial charge in [0.2, 0.25) is 0 Å². The Morgan fingerprint density at radius 2 is 1.39 bits per heavy atom. The molecule has 2 fully saturated rings. The fourth-order valence-electron chi connectivity index (χ4n) is 3.64. The molecule has 6 nitrogen and oxygen atoms in total. The molecule has 0 saturated carbocycles. The lowest BCUT2D eigenvalue weighted by molar-refractivity contribution is -0.311. The Kier molecular flexibility index (Phi) is 6.44. The van der Waals surface area contributed by atoms with Crippen LogP contribution < -0.4 is 0 Å². The number of hydrogen-bond donors (Lipinski definition) is 3. The molecule has 0 bridgehead atoms. The monoisotopic (exact) mass is 332 g/mol. The summed E-state index contributed by atoms with van der Waals surface area (Å²) < 4.78 is 17.9. The molecule has 10 atom stereocenters. The van der Waals surface area contributed by atoms with Crippen LogP contribution in [0.25, 0.3) is 0 Å². The van der Waals surface area contributed by atoms with E-state index in [4.69, 9.17) is 14.2 Å². The van der Waals surface area contributed by atoms with E-state index in [0.29, 0.717) is 5.92 Å². The Morgan fingerprint density at radius 3 is 1.96 bits per heavy atom. The molecule has 0 aromatic heterocycles. The van der Waals surface area contributed by atoms with E-state index in [-0.39, 0.29) is 49.3 Å². The van der Waals surface area contributed by atoms with Gasteiger partial charge in [0.05, 0.1) is 31.5 Å². The molecule has 6 heteroatoms. The molecule has 2 aliphatic heterocycles. The predicted octanol–water partition coefficient (Wildman–Crippen LogP) is 0.774. The molecule has 5 unspecified atom stereocenters. The number of hydrogen-bond acceptors (Lipinski definition) is 6. The molecule has 0 aromatic rings. The number of aliphatic hydroxyl groups excluding tert-OH is 3. The molecule has 0 aromatic carbocycles. The summed E-state index contributed by atoms with van der Waals surface area (Å²) in [5, 5.41) is 29.2. The standard InChI is InChI=1S/C17H32O6/c1-8-10(3)16(14(7-19)21-12(8)5)23-17-11(4)9(2)15(20)13(6-18)22-17/h8-20H,6-7H2,1-5H3/t8?,9-,10-,11?,12?,13?,14?,15+,16+,17-/m1/s1. The van der Waals surface area contributed by atoms with Gasteiger partial charge < -0.3 is 29.5 Å². The second-order valence-corrected chi connectivity index (χ2v) is 7.32. The van der Waals surface area contributed by atoms with E-state index in [1.165, 1.54) is 0 Å². The zero-order valence-corrected chi connectivity index (χ0v) is 14.8. The van der Waals surface area contributed by atoms with Crippen molar-refractivity contribution in [3.63, 3.8) is 0 Å². The van der Waals surface area contributed by atoms with Crippen molar-refractivity contribution < 1.29 is 29.5 Å². The molecule has 0 aliphatic carbocycles. The van der Waals surface area contributed by atoms with Gasteiger partial charge in [-0.15, -0.1) is 0 Å². The highest BCUT2D eigenvalue weighted by Crippen LogP contribution is 2.37. The van der Waals surface area contributed by atoms with Gasteiger partial charge in [-0.25, -0.2) is 0 Å². The lowest BCUT2D eigenvalue weighted by atomic mass is 9.81. The van der Waals surface area contributed by atoms with Crippen LogP contribution in [0.4, 0.5) is 0 Å². The Labute approximate surface area is 138 Å². The molecule has 2 aliphatic rings. The van der Waals surface area contributed by atoms with Crippen LogP contribution in [0.15, 0.2) is 0 Å². The Balaban J connectivity index is 2.11. The summed E-state index contributed by atoms with van der Waals surface area (Å²) in [5.74, 6) is 0.448.